The molecule has 0 saturated heterocycles. The van der Waals surface area contributed by atoms with Gasteiger partial charge in [0.05, 0.1) is 0 Å². The molecular formula is C14H18N4S. The zero-order chi connectivity index (χ0) is 13.8. The summed E-state index contributed by atoms with van der Waals surface area (Å²) in [4.78, 5) is 0. The summed E-state index contributed by atoms with van der Waals surface area (Å²) < 4.78 is 1.85. The van der Waals surface area contributed by atoms with Crippen LogP contribution in [0, 0.1) is 13.8 Å². The molecule has 5 heteroatoms. The molecule has 0 spiro atoms. The van der Waals surface area contributed by atoms with Crippen molar-refractivity contribution in [3.8, 4) is 0 Å². The number of anilines is 2. The van der Waals surface area contributed by atoms with Gasteiger partial charge in [0.2, 0.25) is 0 Å². The van der Waals surface area contributed by atoms with E-state index in [1.165, 1.54) is 11.1 Å². The van der Waals surface area contributed by atoms with E-state index in [1.54, 1.807) is 0 Å². The fraction of sp³-hybridized carbons (Fsp3) is 0.286. The maximum atomic E-state index is 5.29. The lowest BCUT2D eigenvalue weighted by Gasteiger charge is -2.12. The summed E-state index contributed by atoms with van der Waals surface area (Å²) >= 11 is 5.29. The van der Waals surface area contributed by atoms with Gasteiger partial charge in [0.1, 0.15) is 0 Å². The molecule has 2 aromatic rings. The fourth-order valence-corrected chi connectivity index (χ4v) is 1.98. The first kappa shape index (κ1) is 13.5. The number of rotatable bonds is 3. The third-order valence-electron chi connectivity index (χ3n) is 3.06. The Balaban J connectivity index is 2.03. The van der Waals surface area contributed by atoms with E-state index < -0.39 is 0 Å². The molecule has 0 fully saturated rings. The predicted molar refractivity (Wildman–Crippen MR) is 83.7 cm³/mol. The Morgan fingerprint density at radius 3 is 2.74 bits per heavy atom. The van der Waals surface area contributed by atoms with Gasteiger partial charge in [-0.25, -0.2) is 0 Å². The van der Waals surface area contributed by atoms with Gasteiger partial charge in [0, 0.05) is 24.5 Å². The van der Waals surface area contributed by atoms with Crippen molar-refractivity contribution in [2.24, 2.45) is 0 Å². The van der Waals surface area contributed by atoms with E-state index in [2.05, 4.69) is 35.6 Å². The largest absolute Gasteiger partial charge is 0.332 e. The van der Waals surface area contributed by atoms with Crippen LogP contribution < -0.4 is 10.6 Å². The minimum atomic E-state index is 0.551. The molecular weight excluding hydrogens is 256 g/mol. The number of thiocarbonyl (C=S) groups is 1. The normalized spacial score (nSPS) is 10.3. The molecule has 0 bridgehead atoms. The third kappa shape index (κ3) is 3.32. The van der Waals surface area contributed by atoms with Gasteiger partial charge in [-0.1, -0.05) is 12.1 Å². The van der Waals surface area contributed by atoms with Gasteiger partial charge in [-0.15, -0.1) is 0 Å². The van der Waals surface area contributed by atoms with E-state index >= 15 is 0 Å². The van der Waals surface area contributed by atoms with Crippen molar-refractivity contribution in [2.45, 2.75) is 27.3 Å². The molecule has 19 heavy (non-hydrogen) atoms. The summed E-state index contributed by atoms with van der Waals surface area (Å²) in [6, 6.07) is 8.01. The first-order valence-corrected chi connectivity index (χ1v) is 6.68. The first-order chi connectivity index (χ1) is 9.10. The van der Waals surface area contributed by atoms with Gasteiger partial charge in [-0.3, -0.25) is 4.68 Å². The summed E-state index contributed by atoms with van der Waals surface area (Å²) in [6.45, 7) is 7.05. The van der Waals surface area contributed by atoms with Crippen molar-refractivity contribution < 1.29 is 0 Å². The van der Waals surface area contributed by atoms with Gasteiger partial charge >= 0.3 is 0 Å². The maximum Gasteiger partial charge on any atom is 0.176 e. The van der Waals surface area contributed by atoms with Crippen molar-refractivity contribution >= 4 is 28.8 Å². The Kier molecular flexibility index (Phi) is 4.16. The molecule has 4 nitrogen and oxygen atoms in total. The van der Waals surface area contributed by atoms with Crippen LogP contribution in [0.25, 0.3) is 0 Å². The average Bonchev–Trinajstić information content (AvgIpc) is 2.82. The zero-order valence-electron chi connectivity index (χ0n) is 11.4. The lowest BCUT2D eigenvalue weighted by atomic mass is 10.1. The molecule has 100 valence electrons. The van der Waals surface area contributed by atoms with Crippen LogP contribution >= 0.6 is 12.2 Å². The van der Waals surface area contributed by atoms with Crippen LogP contribution in [0.2, 0.25) is 0 Å². The molecule has 0 radical (unpaired) electrons. The van der Waals surface area contributed by atoms with Crippen LogP contribution in [0.3, 0.4) is 0 Å². The summed E-state index contributed by atoms with van der Waals surface area (Å²) in [6.07, 6.45) is 1.92. The van der Waals surface area contributed by atoms with Gasteiger partial charge in [-0.05, 0) is 50.2 Å². The number of hydrogen-bond acceptors (Lipinski definition) is 2. The Bertz CT molecular complexity index is 589. The van der Waals surface area contributed by atoms with Gasteiger partial charge in [0.15, 0.2) is 10.9 Å². The number of aromatic nitrogens is 2. The van der Waals surface area contributed by atoms with E-state index in [1.807, 2.05) is 36.0 Å². The Labute approximate surface area is 118 Å². The standard InChI is InChI=1S/C14H18N4S/c1-4-18-9-8-13(17-18)16-14(19)15-12-7-5-6-10(2)11(12)3/h5-9H,4H2,1-3H3,(H2,15,16,17,19). The van der Waals surface area contributed by atoms with Gasteiger partial charge in [0.25, 0.3) is 0 Å². The molecule has 0 unspecified atom stereocenters. The smallest absolute Gasteiger partial charge is 0.176 e. The van der Waals surface area contributed by atoms with Crippen LogP contribution in [0.5, 0.6) is 0 Å². The second-order valence-electron chi connectivity index (χ2n) is 4.38. The summed E-state index contributed by atoms with van der Waals surface area (Å²) in [5.74, 6) is 0.754. The molecule has 0 aliphatic carbocycles. The molecule has 0 atom stereocenters. The van der Waals surface area contributed by atoms with E-state index in [0.717, 1.165) is 18.1 Å². The Morgan fingerprint density at radius 2 is 2.05 bits per heavy atom. The van der Waals surface area contributed by atoms with Gasteiger partial charge < -0.3 is 10.6 Å². The van der Waals surface area contributed by atoms with Crippen LogP contribution in [-0.2, 0) is 6.54 Å². The molecule has 1 aromatic heterocycles. The van der Waals surface area contributed by atoms with Gasteiger partial charge in [-0.2, -0.15) is 5.10 Å². The van der Waals surface area contributed by atoms with Crippen molar-refractivity contribution in [1.82, 2.24) is 9.78 Å². The number of hydrogen-bond donors (Lipinski definition) is 2. The Hall–Kier alpha value is -1.88. The van der Waals surface area contributed by atoms with Crippen LogP contribution in [0.1, 0.15) is 18.1 Å². The molecule has 1 aromatic carbocycles. The molecule has 2 N–H and O–H groups in total. The van der Waals surface area contributed by atoms with E-state index in [0.29, 0.717) is 5.11 Å². The summed E-state index contributed by atoms with van der Waals surface area (Å²) in [5.41, 5.74) is 3.46. The lowest BCUT2D eigenvalue weighted by Crippen LogP contribution is -2.20. The highest BCUT2D eigenvalue weighted by atomic mass is 32.1. The second-order valence-corrected chi connectivity index (χ2v) is 4.79. The number of aryl methyl sites for hydroxylation is 2. The predicted octanol–water partition coefficient (Wildman–Crippen LogP) is 3.33. The number of nitrogens with one attached hydrogen (secondary N) is 2. The Morgan fingerprint density at radius 1 is 1.26 bits per heavy atom. The SMILES string of the molecule is CCn1ccc(NC(=S)Nc2cccc(C)c2C)n1. The van der Waals surface area contributed by atoms with Crippen molar-refractivity contribution in [1.29, 1.82) is 0 Å². The van der Waals surface area contributed by atoms with E-state index in [9.17, 15) is 0 Å². The van der Waals surface area contributed by atoms with Crippen molar-refractivity contribution in [2.75, 3.05) is 10.6 Å². The highest BCUT2D eigenvalue weighted by Crippen LogP contribution is 2.18. The molecule has 2 rings (SSSR count). The fourth-order valence-electron chi connectivity index (χ4n) is 1.76. The number of benzene rings is 1. The molecule has 0 aliphatic heterocycles. The van der Waals surface area contributed by atoms with E-state index in [4.69, 9.17) is 12.2 Å². The maximum absolute atomic E-state index is 5.29. The highest BCUT2D eigenvalue weighted by molar-refractivity contribution is 7.80. The van der Waals surface area contributed by atoms with Crippen LogP contribution in [-0.4, -0.2) is 14.9 Å². The van der Waals surface area contributed by atoms with E-state index in [-0.39, 0.29) is 0 Å². The lowest BCUT2D eigenvalue weighted by molar-refractivity contribution is 0.662. The van der Waals surface area contributed by atoms with Crippen molar-refractivity contribution in [3.05, 3.63) is 41.6 Å². The highest BCUT2D eigenvalue weighted by Gasteiger charge is 2.04. The molecule has 0 amide bonds. The topological polar surface area (TPSA) is 41.9 Å². The average molecular weight is 274 g/mol. The summed E-state index contributed by atoms with van der Waals surface area (Å²) in [5, 5.41) is 11.2. The van der Waals surface area contributed by atoms with Crippen LogP contribution in [0.15, 0.2) is 30.5 Å². The van der Waals surface area contributed by atoms with Crippen molar-refractivity contribution in [3.63, 3.8) is 0 Å². The zero-order valence-corrected chi connectivity index (χ0v) is 12.2. The number of nitrogens with zero attached hydrogens (tertiary/aromatic N) is 2. The summed E-state index contributed by atoms with van der Waals surface area (Å²) in [7, 11) is 0. The minimum Gasteiger partial charge on any atom is -0.332 e. The minimum absolute atomic E-state index is 0.551. The monoisotopic (exact) mass is 274 g/mol. The van der Waals surface area contributed by atoms with Crippen LogP contribution in [0.4, 0.5) is 11.5 Å². The first-order valence-electron chi connectivity index (χ1n) is 6.28. The second kappa shape index (κ2) is 5.84. The molecule has 0 saturated carbocycles. The third-order valence-corrected chi connectivity index (χ3v) is 3.26. The quantitative estimate of drug-likeness (QED) is 0.843. The molecule has 1 heterocycles. The molecule has 0 aliphatic rings.